The Morgan fingerprint density at radius 1 is 1.64 bits per heavy atom. The van der Waals surface area contributed by atoms with Crippen molar-refractivity contribution in [3.05, 3.63) is 0 Å². The van der Waals surface area contributed by atoms with Crippen LogP contribution in [0.5, 0.6) is 0 Å². The second kappa shape index (κ2) is 7.10. The average Bonchev–Trinajstić information content (AvgIpc) is 2.17. The zero-order valence-corrected chi connectivity index (χ0v) is 8.16. The third-order valence-corrected chi connectivity index (χ3v) is 1.66. The predicted octanol–water partition coefficient (Wildman–Crippen LogP) is -1.78. The van der Waals surface area contributed by atoms with E-state index >= 15 is 0 Å². The molecule has 0 spiro atoms. The van der Waals surface area contributed by atoms with Crippen molar-refractivity contribution in [3.63, 3.8) is 0 Å². The fraction of sp³-hybridized carbons (Fsp3) is 0.714. The lowest BCUT2D eigenvalue weighted by Gasteiger charge is -2.09. The summed E-state index contributed by atoms with van der Waals surface area (Å²) < 4.78 is 0. The van der Waals surface area contributed by atoms with Crippen molar-refractivity contribution in [1.82, 2.24) is 10.7 Å². The third kappa shape index (κ3) is 5.33. The van der Waals surface area contributed by atoms with Crippen LogP contribution in [0.25, 0.3) is 0 Å². The van der Waals surface area contributed by atoms with Crippen molar-refractivity contribution in [3.8, 4) is 0 Å². The molecule has 0 aromatic carbocycles. The molecular weight excluding hydrogens is 186 g/mol. The molecule has 0 heterocycles. The van der Waals surface area contributed by atoms with Gasteiger partial charge in [0.25, 0.3) is 0 Å². The van der Waals surface area contributed by atoms with Gasteiger partial charge in [-0.3, -0.25) is 15.2 Å². The highest BCUT2D eigenvalue weighted by atomic mass is 16.4. The lowest BCUT2D eigenvalue weighted by Crippen LogP contribution is -2.42. The summed E-state index contributed by atoms with van der Waals surface area (Å²) in [5, 5.41) is 11.4. The predicted molar refractivity (Wildman–Crippen MR) is 53.5 cm³/mol. The Balaban J connectivity index is 3.51. The summed E-state index contributed by atoms with van der Waals surface area (Å²) in [6.07, 6.45) is 1.07. The van der Waals surface area contributed by atoms with E-state index in [1.54, 1.807) is 7.05 Å². The van der Waals surface area contributed by atoms with Gasteiger partial charge in [0.15, 0.2) is 0 Å². The Morgan fingerprint density at radius 2 is 2.29 bits per heavy atom. The van der Waals surface area contributed by atoms with Crippen LogP contribution in [0.3, 0.4) is 0 Å². The number of guanidine groups is 1. The molecule has 0 radical (unpaired) electrons. The summed E-state index contributed by atoms with van der Waals surface area (Å²) >= 11 is 0. The average molecular weight is 203 g/mol. The first-order valence-electron chi connectivity index (χ1n) is 4.27. The zero-order chi connectivity index (χ0) is 11.0. The number of hydrogen-bond donors (Lipinski definition) is 5. The van der Waals surface area contributed by atoms with Crippen LogP contribution in [0.4, 0.5) is 0 Å². The molecule has 0 aliphatic carbocycles. The van der Waals surface area contributed by atoms with Crippen LogP contribution < -0.4 is 22.3 Å². The summed E-state index contributed by atoms with van der Waals surface area (Å²) in [5.41, 5.74) is 7.65. The van der Waals surface area contributed by atoms with E-state index in [0.29, 0.717) is 25.3 Å². The fourth-order valence-corrected chi connectivity index (χ4v) is 0.847. The van der Waals surface area contributed by atoms with Crippen LogP contribution in [0.1, 0.15) is 12.8 Å². The van der Waals surface area contributed by atoms with Gasteiger partial charge in [-0.05, 0) is 12.8 Å². The number of nitrogens with two attached hydrogens (primary N) is 2. The molecule has 7 N–H and O–H groups in total. The SMILES string of the molecule is CN=C(NN)NCCC[C@@H](N)C(=O)O. The lowest BCUT2D eigenvalue weighted by molar-refractivity contribution is -0.138. The summed E-state index contributed by atoms with van der Waals surface area (Å²) in [7, 11) is 1.59. The molecule has 0 saturated carbocycles. The maximum absolute atomic E-state index is 10.3. The molecule has 0 amide bonds. The van der Waals surface area contributed by atoms with Gasteiger partial charge in [-0.25, -0.2) is 5.84 Å². The van der Waals surface area contributed by atoms with Crippen molar-refractivity contribution < 1.29 is 9.90 Å². The number of aliphatic carboxylic acids is 1. The molecule has 0 aliphatic heterocycles. The maximum atomic E-state index is 10.3. The molecule has 0 aromatic rings. The topological polar surface area (TPSA) is 126 Å². The summed E-state index contributed by atoms with van der Waals surface area (Å²) in [6, 6.07) is -0.801. The molecule has 0 unspecified atom stereocenters. The molecule has 7 nitrogen and oxygen atoms in total. The second-order valence-electron chi connectivity index (χ2n) is 2.73. The minimum absolute atomic E-state index is 0.421. The van der Waals surface area contributed by atoms with E-state index in [9.17, 15) is 4.79 Å². The van der Waals surface area contributed by atoms with Gasteiger partial charge in [0.2, 0.25) is 5.96 Å². The first-order valence-corrected chi connectivity index (χ1v) is 4.27. The molecule has 0 rings (SSSR count). The molecule has 0 fully saturated rings. The van der Waals surface area contributed by atoms with Gasteiger partial charge >= 0.3 is 5.97 Å². The van der Waals surface area contributed by atoms with Gasteiger partial charge < -0.3 is 16.2 Å². The van der Waals surface area contributed by atoms with Crippen molar-refractivity contribution in [1.29, 1.82) is 0 Å². The van der Waals surface area contributed by atoms with Gasteiger partial charge in [-0.15, -0.1) is 0 Å². The van der Waals surface area contributed by atoms with Crippen molar-refractivity contribution in [2.24, 2.45) is 16.6 Å². The van der Waals surface area contributed by atoms with Crippen LogP contribution in [-0.4, -0.2) is 36.7 Å². The van der Waals surface area contributed by atoms with Crippen molar-refractivity contribution in [2.45, 2.75) is 18.9 Å². The first kappa shape index (κ1) is 12.7. The molecule has 7 heteroatoms. The highest BCUT2D eigenvalue weighted by Gasteiger charge is 2.09. The van der Waals surface area contributed by atoms with Gasteiger partial charge in [0.05, 0.1) is 0 Å². The Labute approximate surface area is 82.5 Å². The number of carbonyl (C=O) groups is 1. The summed E-state index contributed by atoms with van der Waals surface area (Å²) in [6.45, 7) is 0.581. The van der Waals surface area contributed by atoms with Gasteiger partial charge in [0, 0.05) is 13.6 Å². The number of carboxylic acid groups (broad SMARTS) is 1. The van der Waals surface area contributed by atoms with Crippen LogP contribution in [0, 0.1) is 0 Å². The number of nitrogens with zero attached hydrogens (tertiary/aromatic N) is 1. The summed E-state index contributed by atoms with van der Waals surface area (Å²) in [4.78, 5) is 14.1. The minimum Gasteiger partial charge on any atom is -0.480 e. The molecule has 0 aliphatic rings. The zero-order valence-electron chi connectivity index (χ0n) is 8.16. The molecule has 0 saturated heterocycles. The van der Waals surface area contributed by atoms with E-state index in [-0.39, 0.29) is 0 Å². The quantitative estimate of drug-likeness (QED) is 0.118. The molecule has 0 bridgehead atoms. The summed E-state index contributed by atoms with van der Waals surface area (Å²) in [5.74, 6) is 4.60. The standard InChI is InChI=1S/C7H17N5O2/c1-10-7(12-9)11-4-2-3-5(8)6(13)14/h5H,2-4,8-9H2,1H3,(H,13,14)(H2,10,11,12)/t5-/m1/s1. The van der Waals surface area contributed by atoms with E-state index in [0.717, 1.165) is 0 Å². The van der Waals surface area contributed by atoms with E-state index in [1.165, 1.54) is 0 Å². The fourth-order valence-electron chi connectivity index (χ4n) is 0.847. The van der Waals surface area contributed by atoms with Crippen LogP contribution in [-0.2, 0) is 4.79 Å². The van der Waals surface area contributed by atoms with Crippen LogP contribution >= 0.6 is 0 Å². The third-order valence-electron chi connectivity index (χ3n) is 1.66. The molecule has 1 atom stereocenters. The van der Waals surface area contributed by atoms with Gasteiger partial charge in [-0.1, -0.05) is 0 Å². The van der Waals surface area contributed by atoms with Crippen molar-refractivity contribution in [2.75, 3.05) is 13.6 Å². The Hall–Kier alpha value is -1.34. The number of carboxylic acids is 1. The lowest BCUT2D eigenvalue weighted by atomic mass is 10.2. The Bertz CT molecular complexity index is 206. The maximum Gasteiger partial charge on any atom is 0.320 e. The smallest absolute Gasteiger partial charge is 0.320 e. The second-order valence-corrected chi connectivity index (χ2v) is 2.73. The molecular formula is C7H17N5O2. The van der Waals surface area contributed by atoms with Crippen molar-refractivity contribution >= 4 is 11.9 Å². The molecule has 14 heavy (non-hydrogen) atoms. The number of hydrogen-bond acceptors (Lipinski definition) is 4. The minimum atomic E-state index is -0.980. The molecule has 0 aromatic heterocycles. The largest absolute Gasteiger partial charge is 0.480 e. The normalized spacial score (nSPS) is 13.5. The monoisotopic (exact) mass is 203 g/mol. The Morgan fingerprint density at radius 3 is 2.71 bits per heavy atom. The van der Waals surface area contributed by atoms with Crippen LogP contribution in [0.15, 0.2) is 4.99 Å². The van der Waals surface area contributed by atoms with Gasteiger partial charge in [-0.2, -0.15) is 0 Å². The van der Waals surface area contributed by atoms with E-state index in [4.69, 9.17) is 16.7 Å². The number of nitrogens with one attached hydrogen (secondary N) is 2. The van der Waals surface area contributed by atoms with Gasteiger partial charge in [0.1, 0.15) is 6.04 Å². The number of aliphatic imine (C=N–C) groups is 1. The Kier molecular flexibility index (Phi) is 6.42. The van der Waals surface area contributed by atoms with E-state index in [2.05, 4.69) is 15.7 Å². The number of rotatable bonds is 5. The van der Waals surface area contributed by atoms with E-state index < -0.39 is 12.0 Å². The van der Waals surface area contributed by atoms with Crippen LogP contribution in [0.2, 0.25) is 0 Å². The van der Waals surface area contributed by atoms with E-state index in [1.807, 2.05) is 0 Å². The molecule has 82 valence electrons. The first-order chi connectivity index (χ1) is 6.61. The highest BCUT2D eigenvalue weighted by Crippen LogP contribution is 1.92. The number of hydrazine groups is 1. The highest BCUT2D eigenvalue weighted by molar-refractivity contribution is 5.78.